The maximum Gasteiger partial charge on any atom is 0.326 e. The van der Waals surface area contributed by atoms with Gasteiger partial charge in [-0.2, -0.15) is 0 Å². The summed E-state index contributed by atoms with van der Waals surface area (Å²) in [6.07, 6.45) is -1.24. The van der Waals surface area contributed by atoms with Gasteiger partial charge in [0, 0.05) is 12.8 Å². The number of carboxylic acid groups (broad SMARTS) is 2. The van der Waals surface area contributed by atoms with Crippen molar-refractivity contribution in [3.8, 4) is 5.75 Å². The summed E-state index contributed by atoms with van der Waals surface area (Å²) in [5, 5.41) is 35.0. The van der Waals surface area contributed by atoms with E-state index in [0.717, 1.165) is 0 Å². The van der Waals surface area contributed by atoms with Gasteiger partial charge in [-0.25, -0.2) is 4.79 Å². The number of phenolic OH excluding ortho intramolecular Hbond substituents is 1. The number of rotatable bonds is 16. The molecule has 1 rings (SSSR count). The number of phenols is 1. The molecule has 0 aliphatic rings. The molecule has 38 heavy (non-hydrogen) atoms. The van der Waals surface area contributed by atoms with Crippen LogP contribution in [-0.2, 0) is 35.2 Å². The van der Waals surface area contributed by atoms with Crippen molar-refractivity contribution in [2.24, 2.45) is 17.4 Å². The maximum absolute atomic E-state index is 13.0. The van der Waals surface area contributed by atoms with Crippen LogP contribution in [0.5, 0.6) is 5.75 Å². The number of aromatic hydroxyl groups is 1. The third-order valence-corrected chi connectivity index (χ3v) is 5.37. The summed E-state index contributed by atoms with van der Waals surface area (Å²) in [7, 11) is 0. The highest BCUT2D eigenvalue weighted by atomic mass is 16.4. The average molecular weight is 538 g/mol. The standard InChI is InChI=1S/C24H35N5O9/c1-12(2)9-17(23(36)29-18(24(37)38)10-13-3-5-14(30)6-4-13)28-22(35)16(7-8-19(26)31)27-21(34)15(25)11-20(32)33/h3-6,12,15-18,30H,7-11,25H2,1-2H3,(H2,26,31)(H,27,34)(H,28,35)(H,29,36)(H,32,33)(H,37,38). The molecular weight excluding hydrogens is 502 g/mol. The third kappa shape index (κ3) is 11.7. The summed E-state index contributed by atoms with van der Waals surface area (Å²) in [5.74, 6) is -6.15. The summed E-state index contributed by atoms with van der Waals surface area (Å²) < 4.78 is 0. The smallest absolute Gasteiger partial charge is 0.326 e. The highest BCUT2D eigenvalue weighted by molar-refractivity contribution is 5.95. The molecule has 4 amide bonds. The van der Waals surface area contributed by atoms with E-state index in [1.807, 2.05) is 0 Å². The van der Waals surface area contributed by atoms with Gasteiger partial charge in [0.05, 0.1) is 12.5 Å². The molecule has 0 aliphatic heterocycles. The Balaban J connectivity index is 3.04. The highest BCUT2D eigenvalue weighted by Gasteiger charge is 2.31. The zero-order valence-corrected chi connectivity index (χ0v) is 21.2. The fraction of sp³-hybridized carbons (Fsp3) is 0.500. The molecule has 0 aliphatic carbocycles. The Bertz CT molecular complexity index is 1010. The van der Waals surface area contributed by atoms with Crippen LogP contribution in [0.2, 0.25) is 0 Å². The van der Waals surface area contributed by atoms with Crippen LogP contribution in [0.15, 0.2) is 24.3 Å². The second kappa shape index (κ2) is 15.1. The molecular formula is C24H35N5O9. The Morgan fingerprint density at radius 2 is 1.37 bits per heavy atom. The first-order valence-corrected chi connectivity index (χ1v) is 11.9. The van der Waals surface area contributed by atoms with Gasteiger partial charge >= 0.3 is 11.9 Å². The number of nitrogens with one attached hydrogen (secondary N) is 3. The summed E-state index contributed by atoms with van der Waals surface area (Å²) >= 11 is 0. The second-order valence-electron chi connectivity index (χ2n) is 9.23. The van der Waals surface area contributed by atoms with Crippen molar-refractivity contribution in [2.45, 2.75) is 70.1 Å². The van der Waals surface area contributed by atoms with Gasteiger partial charge in [-0.1, -0.05) is 26.0 Å². The van der Waals surface area contributed by atoms with Crippen molar-refractivity contribution >= 4 is 35.6 Å². The van der Waals surface area contributed by atoms with E-state index in [0.29, 0.717) is 5.56 Å². The molecule has 14 heteroatoms. The predicted octanol–water partition coefficient (Wildman–Crippen LogP) is -1.41. The van der Waals surface area contributed by atoms with Gasteiger partial charge in [0.2, 0.25) is 23.6 Å². The predicted molar refractivity (Wildman–Crippen MR) is 133 cm³/mol. The normalized spacial score (nSPS) is 14.0. The Morgan fingerprint density at radius 1 is 0.842 bits per heavy atom. The van der Waals surface area contributed by atoms with Crippen LogP contribution >= 0.6 is 0 Å². The molecule has 210 valence electrons. The molecule has 4 unspecified atom stereocenters. The second-order valence-corrected chi connectivity index (χ2v) is 9.23. The van der Waals surface area contributed by atoms with E-state index in [1.54, 1.807) is 13.8 Å². The minimum atomic E-state index is -1.47. The van der Waals surface area contributed by atoms with Crippen LogP contribution in [0.25, 0.3) is 0 Å². The summed E-state index contributed by atoms with van der Waals surface area (Å²) in [6.45, 7) is 3.55. The van der Waals surface area contributed by atoms with Gasteiger partial charge in [-0.05, 0) is 36.5 Å². The van der Waals surface area contributed by atoms with Gasteiger partial charge in [-0.15, -0.1) is 0 Å². The zero-order chi connectivity index (χ0) is 29.0. The zero-order valence-electron chi connectivity index (χ0n) is 21.2. The van der Waals surface area contributed by atoms with Crippen molar-refractivity contribution < 1.29 is 44.1 Å². The van der Waals surface area contributed by atoms with E-state index >= 15 is 0 Å². The number of hydrogen-bond donors (Lipinski definition) is 8. The fourth-order valence-corrected chi connectivity index (χ4v) is 3.43. The Hall–Kier alpha value is -4.20. The molecule has 0 aromatic heterocycles. The maximum atomic E-state index is 13.0. The largest absolute Gasteiger partial charge is 0.508 e. The van der Waals surface area contributed by atoms with E-state index in [2.05, 4.69) is 16.0 Å². The molecule has 0 saturated heterocycles. The van der Waals surface area contributed by atoms with Crippen LogP contribution in [0.4, 0.5) is 0 Å². The van der Waals surface area contributed by atoms with E-state index in [1.165, 1.54) is 24.3 Å². The van der Waals surface area contributed by atoms with E-state index in [9.17, 15) is 39.0 Å². The quantitative estimate of drug-likeness (QED) is 0.122. The third-order valence-electron chi connectivity index (χ3n) is 5.37. The molecule has 14 nitrogen and oxygen atoms in total. The number of hydrogen-bond acceptors (Lipinski definition) is 8. The van der Waals surface area contributed by atoms with Gasteiger partial charge in [0.1, 0.15) is 23.9 Å². The molecule has 0 saturated carbocycles. The number of aliphatic carboxylic acids is 2. The number of benzene rings is 1. The van der Waals surface area contributed by atoms with E-state index in [-0.39, 0.29) is 37.4 Å². The monoisotopic (exact) mass is 537 g/mol. The van der Waals surface area contributed by atoms with Crippen molar-refractivity contribution in [3.63, 3.8) is 0 Å². The molecule has 0 bridgehead atoms. The SMILES string of the molecule is CC(C)CC(NC(=O)C(CCC(N)=O)NC(=O)C(N)CC(=O)O)C(=O)NC(Cc1ccc(O)cc1)C(=O)O. The van der Waals surface area contributed by atoms with Crippen molar-refractivity contribution in [2.75, 3.05) is 0 Å². The van der Waals surface area contributed by atoms with Crippen molar-refractivity contribution in [3.05, 3.63) is 29.8 Å². The van der Waals surface area contributed by atoms with E-state index in [4.69, 9.17) is 16.6 Å². The number of carboxylic acids is 2. The first kappa shape index (κ1) is 31.8. The number of nitrogens with two attached hydrogens (primary N) is 2. The van der Waals surface area contributed by atoms with Crippen LogP contribution < -0.4 is 27.4 Å². The van der Waals surface area contributed by atoms with Gasteiger partial charge in [0.25, 0.3) is 0 Å². The lowest BCUT2D eigenvalue weighted by molar-refractivity contribution is -0.142. The van der Waals surface area contributed by atoms with Gasteiger partial charge < -0.3 is 42.7 Å². The molecule has 1 aromatic carbocycles. The minimum absolute atomic E-state index is 0.00809. The van der Waals surface area contributed by atoms with Crippen LogP contribution in [0, 0.1) is 5.92 Å². The first-order valence-electron chi connectivity index (χ1n) is 11.9. The average Bonchev–Trinajstić information content (AvgIpc) is 2.80. The van der Waals surface area contributed by atoms with E-state index < -0.39 is 66.2 Å². The topological polar surface area (TPSA) is 251 Å². The van der Waals surface area contributed by atoms with Gasteiger partial charge in [0.15, 0.2) is 0 Å². The van der Waals surface area contributed by atoms with Crippen LogP contribution in [0.3, 0.4) is 0 Å². The Morgan fingerprint density at radius 3 is 1.87 bits per heavy atom. The first-order chi connectivity index (χ1) is 17.7. The number of primary amides is 1. The van der Waals surface area contributed by atoms with Crippen molar-refractivity contribution in [1.29, 1.82) is 0 Å². The van der Waals surface area contributed by atoms with Crippen LogP contribution in [-0.4, -0.2) is 75.1 Å². The Kier molecular flexibility index (Phi) is 12.7. The number of amides is 4. The summed E-state index contributed by atoms with van der Waals surface area (Å²) in [6, 6.07) is 0.369. The molecule has 0 spiro atoms. The Labute approximate surface area is 219 Å². The number of carbonyl (C=O) groups excluding carboxylic acids is 4. The lowest BCUT2D eigenvalue weighted by Crippen LogP contribution is -2.57. The number of carbonyl (C=O) groups is 6. The molecule has 0 radical (unpaired) electrons. The molecule has 1 aromatic rings. The molecule has 10 N–H and O–H groups in total. The fourth-order valence-electron chi connectivity index (χ4n) is 3.43. The van der Waals surface area contributed by atoms with Crippen molar-refractivity contribution in [1.82, 2.24) is 16.0 Å². The summed E-state index contributed by atoms with van der Waals surface area (Å²) in [4.78, 5) is 72.3. The molecule has 4 atom stereocenters. The summed E-state index contributed by atoms with van der Waals surface area (Å²) in [5.41, 5.74) is 11.2. The minimum Gasteiger partial charge on any atom is -0.508 e. The lowest BCUT2D eigenvalue weighted by atomic mass is 10.0. The molecule has 0 heterocycles. The van der Waals surface area contributed by atoms with Crippen LogP contribution in [0.1, 0.15) is 45.1 Å². The lowest BCUT2D eigenvalue weighted by Gasteiger charge is -2.26. The molecule has 0 fully saturated rings. The highest BCUT2D eigenvalue weighted by Crippen LogP contribution is 2.13. The van der Waals surface area contributed by atoms with Gasteiger partial charge in [-0.3, -0.25) is 24.0 Å².